The van der Waals surface area contributed by atoms with Gasteiger partial charge in [0.15, 0.2) is 5.15 Å². The van der Waals surface area contributed by atoms with E-state index in [0.29, 0.717) is 5.88 Å². The first-order valence-corrected chi connectivity index (χ1v) is 5.27. The lowest BCUT2D eigenvalue weighted by Crippen LogP contribution is -1.94. The van der Waals surface area contributed by atoms with Crippen LogP contribution in [0, 0.1) is 13.8 Å². The van der Waals surface area contributed by atoms with Crippen LogP contribution in [0.25, 0.3) is 0 Å². The molecule has 0 aliphatic heterocycles. The highest BCUT2D eigenvalue weighted by atomic mass is 35.5. The Kier molecular flexibility index (Phi) is 3.06. The maximum atomic E-state index is 5.88. The molecule has 82 valence electrons. The molecule has 0 aliphatic carbocycles. The molecule has 0 aliphatic rings. The van der Waals surface area contributed by atoms with Gasteiger partial charge in [0.2, 0.25) is 0 Å². The van der Waals surface area contributed by atoms with E-state index in [0.717, 1.165) is 16.9 Å². The van der Waals surface area contributed by atoms with Gasteiger partial charge in [-0.25, -0.2) is 9.97 Å². The second-order valence-corrected chi connectivity index (χ2v) is 3.83. The zero-order valence-electron chi connectivity index (χ0n) is 9.07. The Balaban J connectivity index is 2.38. The predicted molar refractivity (Wildman–Crippen MR) is 63.0 cm³/mol. The fourth-order valence-electron chi connectivity index (χ4n) is 1.43. The van der Waals surface area contributed by atoms with E-state index in [2.05, 4.69) is 9.97 Å². The highest BCUT2D eigenvalue weighted by Gasteiger charge is 2.09. The summed E-state index contributed by atoms with van der Waals surface area (Å²) in [6, 6.07) is 5.94. The van der Waals surface area contributed by atoms with Crippen molar-refractivity contribution in [3.8, 4) is 11.6 Å². The Morgan fingerprint density at radius 2 is 1.69 bits per heavy atom. The lowest BCUT2D eigenvalue weighted by molar-refractivity contribution is 0.453. The quantitative estimate of drug-likeness (QED) is 0.797. The molecule has 0 amide bonds. The van der Waals surface area contributed by atoms with Crippen LogP contribution in [0.5, 0.6) is 11.6 Å². The Morgan fingerprint density at radius 1 is 1.06 bits per heavy atom. The lowest BCUT2D eigenvalue weighted by Gasteiger charge is -2.10. The first-order chi connectivity index (χ1) is 7.68. The van der Waals surface area contributed by atoms with Crippen molar-refractivity contribution in [2.75, 3.05) is 0 Å². The van der Waals surface area contributed by atoms with E-state index in [1.807, 2.05) is 32.0 Å². The van der Waals surface area contributed by atoms with Gasteiger partial charge in [0.25, 0.3) is 5.88 Å². The monoisotopic (exact) mass is 234 g/mol. The van der Waals surface area contributed by atoms with Crippen LogP contribution in [-0.4, -0.2) is 9.97 Å². The predicted octanol–water partition coefficient (Wildman–Crippen LogP) is 3.54. The van der Waals surface area contributed by atoms with Crippen LogP contribution in [0.15, 0.2) is 30.6 Å². The van der Waals surface area contributed by atoms with Crippen molar-refractivity contribution in [2.45, 2.75) is 13.8 Å². The number of aryl methyl sites for hydroxylation is 2. The van der Waals surface area contributed by atoms with Crippen molar-refractivity contribution in [3.05, 3.63) is 46.9 Å². The number of ether oxygens (including phenoxy) is 1. The third kappa shape index (κ3) is 2.14. The van der Waals surface area contributed by atoms with Crippen LogP contribution >= 0.6 is 11.6 Å². The van der Waals surface area contributed by atoms with Gasteiger partial charge in [0.1, 0.15) is 5.75 Å². The summed E-state index contributed by atoms with van der Waals surface area (Å²) in [7, 11) is 0. The molecule has 0 spiro atoms. The number of rotatable bonds is 2. The maximum Gasteiger partial charge on any atom is 0.257 e. The summed E-state index contributed by atoms with van der Waals surface area (Å²) in [6.45, 7) is 3.96. The molecular weight excluding hydrogens is 224 g/mol. The zero-order valence-corrected chi connectivity index (χ0v) is 9.82. The van der Waals surface area contributed by atoms with Crippen LogP contribution in [0.1, 0.15) is 11.1 Å². The number of nitrogens with zero attached hydrogens (tertiary/aromatic N) is 2. The fraction of sp³-hybridized carbons (Fsp3) is 0.167. The zero-order chi connectivity index (χ0) is 11.5. The molecule has 0 bridgehead atoms. The second kappa shape index (κ2) is 4.49. The SMILES string of the molecule is Cc1cccc(C)c1Oc1nccnc1Cl. The van der Waals surface area contributed by atoms with Gasteiger partial charge in [-0.1, -0.05) is 29.8 Å². The number of hydrogen-bond acceptors (Lipinski definition) is 3. The van der Waals surface area contributed by atoms with Crippen LogP contribution in [0.4, 0.5) is 0 Å². The van der Waals surface area contributed by atoms with Crippen molar-refractivity contribution < 1.29 is 4.74 Å². The van der Waals surface area contributed by atoms with E-state index in [-0.39, 0.29) is 5.15 Å². The van der Waals surface area contributed by atoms with Crippen molar-refractivity contribution in [1.82, 2.24) is 9.97 Å². The van der Waals surface area contributed by atoms with Crippen molar-refractivity contribution in [3.63, 3.8) is 0 Å². The summed E-state index contributed by atoms with van der Waals surface area (Å²) in [5, 5.41) is 0.269. The van der Waals surface area contributed by atoms with Gasteiger partial charge in [-0.3, -0.25) is 0 Å². The Bertz CT molecular complexity index is 494. The Hall–Kier alpha value is -1.61. The Labute approximate surface area is 99.1 Å². The van der Waals surface area contributed by atoms with Crippen LogP contribution in [-0.2, 0) is 0 Å². The maximum absolute atomic E-state index is 5.88. The minimum absolute atomic E-state index is 0.269. The van der Waals surface area contributed by atoms with E-state index >= 15 is 0 Å². The Morgan fingerprint density at radius 3 is 2.31 bits per heavy atom. The number of aromatic nitrogens is 2. The highest BCUT2D eigenvalue weighted by Crippen LogP contribution is 2.29. The topological polar surface area (TPSA) is 35.0 Å². The minimum atomic E-state index is 0.269. The molecule has 0 saturated carbocycles. The molecule has 0 fully saturated rings. The molecule has 1 aromatic carbocycles. The summed E-state index contributed by atoms with van der Waals surface area (Å²) in [5.41, 5.74) is 2.09. The van der Waals surface area contributed by atoms with Crippen molar-refractivity contribution in [2.24, 2.45) is 0 Å². The molecular formula is C12H11ClN2O. The standard InChI is InChI=1S/C12H11ClN2O/c1-8-4-3-5-9(2)10(8)16-12-11(13)14-6-7-15-12/h3-7H,1-2H3. The number of hydrogen-bond donors (Lipinski definition) is 0. The van der Waals surface area contributed by atoms with E-state index in [1.165, 1.54) is 6.20 Å². The number of benzene rings is 1. The molecule has 16 heavy (non-hydrogen) atoms. The molecule has 4 heteroatoms. The van der Waals surface area contributed by atoms with Gasteiger partial charge in [0, 0.05) is 12.4 Å². The van der Waals surface area contributed by atoms with Crippen LogP contribution < -0.4 is 4.74 Å². The third-order valence-corrected chi connectivity index (χ3v) is 2.49. The number of halogens is 1. The lowest BCUT2D eigenvalue weighted by atomic mass is 10.1. The molecule has 2 aromatic rings. The molecule has 0 N–H and O–H groups in total. The number of para-hydroxylation sites is 1. The molecule has 0 saturated heterocycles. The third-order valence-electron chi connectivity index (χ3n) is 2.23. The normalized spacial score (nSPS) is 10.2. The molecule has 1 aromatic heterocycles. The van der Waals surface area contributed by atoms with E-state index in [9.17, 15) is 0 Å². The van der Waals surface area contributed by atoms with E-state index in [1.54, 1.807) is 6.20 Å². The molecule has 0 radical (unpaired) electrons. The smallest absolute Gasteiger partial charge is 0.257 e. The summed E-state index contributed by atoms with van der Waals surface area (Å²) in [6.07, 6.45) is 3.08. The van der Waals surface area contributed by atoms with Gasteiger partial charge < -0.3 is 4.74 Å². The average Bonchev–Trinajstić information content (AvgIpc) is 2.26. The molecule has 3 nitrogen and oxygen atoms in total. The van der Waals surface area contributed by atoms with Crippen LogP contribution in [0.2, 0.25) is 5.15 Å². The first kappa shape index (κ1) is 10.9. The minimum Gasteiger partial charge on any atom is -0.436 e. The van der Waals surface area contributed by atoms with Crippen molar-refractivity contribution >= 4 is 11.6 Å². The summed E-state index contributed by atoms with van der Waals surface area (Å²) in [5.74, 6) is 1.12. The van der Waals surface area contributed by atoms with Gasteiger partial charge >= 0.3 is 0 Å². The largest absolute Gasteiger partial charge is 0.436 e. The van der Waals surface area contributed by atoms with Gasteiger partial charge in [0.05, 0.1) is 0 Å². The van der Waals surface area contributed by atoms with E-state index in [4.69, 9.17) is 16.3 Å². The van der Waals surface area contributed by atoms with Crippen molar-refractivity contribution in [1.29, 1.82) is 0 Å². The molecule has 2 rings (SSSR count). The van der Waals surface area contributed by atoms with Gasteiger partial charge in [-0.15, -0.1) is 0 Å². The highest BCUT2D eigenvalue weighted by molar-refractivity contribution is 6.30. The summed E-state index contributed by atoms with van der Waals surface area (Å²) < 4.78 is 5.67. The van der Waals surface area contributed by atoms with Gasteiger partial charge in [-0.05, 0) is 25.0 Å². The summed E-state index contributed by atoms with van der Waals surface area (Å²) in [4.78, 5) is 7.95. The molecule has 0 unspecified atom stereocenters. The summed E-state index contributed by atoms with van der Waals surface area (Å²) >= 11 is 5.88. The average molecular weight is 235 g/mol. The second-order valence-electron chi connectivity index (χ2n) is 3.48. The van der Waals surface area contributed by atoms with E-state index < -0.39 is 0 Å². The van der Waals surface area contributed by atoms with Gasteiger partial charge in [-0.2, -0.15) is 0 Å². The molecule has 1 heterocycles. The molecule has 0 atom stereocenters. The first-order valence-electron chi connectivity index (χ1n) is 4.89. The fourth-order valence-corrected chi connectivity index (χ4v) is 1.58. The van der Waals surface area contributed by atoms with Crippen LogP contribution in [0.3, 0.4) is 0 Å².